The number of methoxy groups -OCH3 is 1. The van der Waals surface area contributed by atoms with Gasteiger partial charge >= 0.3 is 0 Å². The Kier molecular flexibility index (Phi) is 3.53. The number of rotatable bonds is 3. The molecule has 0 aliphatic heterocycles. The third-order valence-corrected chi connectivity index (χ3v) is 2.67. The molecule has 1 aromatic carbocycles. The summed E-state index contributed by atoms with van der Waals surface area (Å²) in [6, 6.07) is 6.39. The molecule has 0 spiro atoms. The van der Waals surface area contributed by atoms with E-state index in [0.29, 0.717) is 5.92 Å². The fraction of sp³-hybridized carbons (Fsp3) is 0.500. The lowest BCUT2D eigenvalue weighted by atomic mass is 9.93. The minimum atomic E-state index is 0.145. The molecule has 0 saturated heterocycles. The molecular formula is C12H19NO. The van der Waals surface area contributed by atoms with Crippen molar-refractivity contribution in [1.82, 2.24) is 0 Å². The number of benzene rings is 1. The van der Waals surface area contributed by atoms with Gasteiger partial charge in [-0.05, 0) is 37.0 Å². The first-order chi connectivity index (χ1) is 6.56. The summed E-state index contributed by atoms with van der Waals surface area (Å²) in [7, 11) is 1.70. The van der Waals surface area contributed by atoms with Crippen LogP contribution in [0.25, 0.3) is 0 Å². The lowest BCUT2D eigenvalue weighted by Gasteiger charge is -2.19. The zero-order chi connectivity index (χ0) is 10.7. The van der Waals surface area contributed by atoms with E-state index >= 15 is 0 Å². The summed E-state index contributed by atoms with van der Waals surface area (Å²) in [6.45, 7) is 6.20. The maximum absolute atomic E-state index is 5.87. The van der Waals surface area contributed by atoms with Crippen LogP contribution in [0.5, 0.6) is 5.75 Å². The topological polar surface area (TPSA) is 35.2 Å². The van der Waals surface area contributed by atoms with E-state index in [1.54, 1.807) is 7.11 Å². The summed E-state index contributed by atoms with van der Waals surface area (Å²) in [5, 5.41) is 0. The molecule has 1 aromatic rings. The van der Waals surface area contributed by atoms with E-state index in [2.05, 4.69) is 26.0 Å². The van der Waals surface area contributed by atoms with Gasteiger partial charge in [-0.2, -0.15) is 0 Å². The van der Waals surface area contributed by atoms with Gasteiger partial charge in [-0.1, -0.05) is 19.1 Å². The van der Waals surface area contributed by atoms with E-state index in [1.165, 1.54) is 11.1 Å². The van der Waals surface area contributed by atoms with Crippen molar-refractivity contribution in [3.63, 3.8) is 0 Å². The Hall–Kier alpha value is -1.02. The predicted octanol–water partition coefficient (Wildman–Crippen LogP) is 2.45. The quantitative estimate of drug-likeness (QED) is 0.800. The van der Waals surface area contributed by atoms with Gasteiger partial charge in [0, 0.05) is 6.04 Å². The van der Waals surface area contributed by atoms with Crippen LogP contribution in [0.4, 0.5) is 0 Å². The number of hydrogen-bond donors (Lipinski definition) is 1. The van der Waals surface area contributed by atoms with Gasteiger partial charge in [0.2, 0.25) is 0 Å². The van der Waals surface area contributed by atoms with E-state index in [4.69, 9.17) is 10.5 Å². The van der Waals surface area contributed by atoms with Gasteiger partial charge in [-0.25, -0.2) is 0 Å². The van der Waals surface area contributed by atoms with Gasteiger partial charge in [-0.15, -0.1) is 0 Å². The predicted molar refractivity (Wildman–Crippen MR) is 59.8 cm³/mol. The van der Waals surface area contributed by atoms with Crippen molar-refractivity contribution in [3.8, 4) is 5.75 Å². The summed E-state index contributed by atoms with van der Waals surface area (Å²) in [5.74, 6) is 1.26. The largest absolute Gasteiger partial charge is 0.496 e. The van der Waals surface area contributed by atoms with Crippen molar-refractivity contribution in [1.29, 1.82) is 0 Å². The first-order valence-electron chi connectivity index (χ1n) is 4.96. The highest BCUT2D eigenvalue weighted by Crippen LogP contribution is 2.28. The van der Waals surface area contributed by atoms with Gasteiger partial charge < -0.3 is 10.5 Å². The summed E-state index contributed by atoms with van der Waals surface area (Å²) in [6.07, 6.45) is 0. The van der Waals surface area contributed by atoms with Crippen molar-refractivity contribution >= 4 is 0 Å². The summed E-state index contributed by atoms with van der Waals surface area (Å²) in [4.78, 5) is 0. The van der Waals surface area contributed by atoms with E-state index in [-0.39, 0.29) is 6.04 Å². The maximum atomic E-state index is 5.87. The van der Waals surface area contributed by atoms with Crippen molar-refractivity contribution in [2.75, 3.05) is 7.11 Å². The Labute approximate surface area is 86.1 Å². The highest BCUT2D eigenvalue weighted by molar-refractivity contribution is 5.39. The molecule has 1 rings (SSSR count). The molecule has 2 atom stereocenters. The highest BCUT2D eigenvalue weighted by Gasteiger charge is 2.14. The van der Waals surface area contributed by atoms with Crippen molar-refractivity contribution in [2.45, 2.75) is 32.7 Å². The number of aryl methyl sites for hydroxylation is 1. The van der Waals surface area contributed by atoms with Crippen LogP contribution in [-0.2, 0) is 0 Å². The smallest absolute Gasteiger partial charge is 0.122 e. The van der Waals surface area contributed by atoms with Crippen LogP contribution in [0.15, 0.2) is 18.2 Å². The van der Waals surface area contributed by atoms with Gasteiger partial charge in [0.05, 0.1) is 7.11 Å². The van der Waals surface area contributed by atoms with Gasteiger partial charge in [0.1, 0.15) is 5.75 Å². The van der Waals surface area contributed by atoms with Crippen LogP contribution in [0.3, 0.4) is 0 Å². The maximum Gasteiger partial charge on any atom is 0.122 e. The SMILES string of the molecule is COc1cc(C)ccc1C(C)C(C)N. The molecule has 0 radical (unpaired) electrons. The fourth-order valence-corrected chi connectivity index (χ4v) is 1.48. The molecule has 2 nitrogen and oxygen atoms in total. The van der Waals surface area contributed by atoms with Gasteiger partial charge in [0.15, 0.2) is 0 Å². The Bertz CT molecular complexity index is 307. The average molecular weight is 193 g/mol. The number of hydrogen-bond acceptors (Lipinski definition) is 2. The van der Waals surface area contributed by atoms with Crippen LogP contribution in [-0.4, -0.2) is 13.2 Å². The Balaban J connectivity index is 3.07. The summed E-state index contributed by atoms with van der Waals surface area (Å²) < 4.78 is 5.34. The van der Waals surface area contributed by atoms with Crippen molar-refractivity contribution in [2.24, 2.45) is 5.73 Å². The number of nitrogens with two attached hydrogens (primary N) is 1. The third-order valence-electron chi connectivity index (χ3n) is 2.67. The van der Waals surface area contributed by atoms with Gasteiger partial charge in [0.25, 0.3) is 0 Å². The van der Waals surface area contributed by atoms with Crippen molar-refractivity contribution < 1.29 is 4.74 Å². The summed E-state index contributed by atoms with van der Waals surface area (Å²) in [5.41, 5.74) is 8.27. The molecule has 0 saturated carbocycles. The second-order valence-corrected chi connectivity index (χ2v) is 3.89. The molecule has 2 N–H and O–H groups in total. The highest BCUT2D eigenvalue weighted by atomic mass is 16.5. The Morgan fingerprint density at radius 1 is 1.29 bits per heavy atom. The van der Waals surface area contributed by atoms with Gasteiger partial charge in [-0.3, -0.25) is 0 Å². The zero-order valence-corrected chi connectivity index (χ0v) is 9.37. The standard InChI is InChI=1S/C12H19NO/c1-8-5-6-11(9(2)10(3)13)12(7-8)14-4/h5-7,9-10H,13H2,1-4H3. The molecular weight excluding hydrogens is 174 g/mol. The van der Waals surface area contributed by atoms with Crippen LogP contribution >= 0.6 is 0 Å². The van der Waals surface area contributed by atoms with E-state index < -0.39 is 0 Å². The molecule has 0 aliphatic carbocycles. The second-order valence-electron chi connectivity index (χ2n) is 3.89. The normalized spacial score (nSPS) is 14.9. The zero-order valence-electron chi connectivity index (χ0n) is 9.37. The van der Waals surface area contributed by atoms with Crippen LogP contribution in [0.2, 0.25) is 0 Å². The first kappa shape index (κ1) is 11.1. The molecule has 14 heavy (non-hydrogen) atoms. The molecule has 0 bridgehead atoms. The first-order valence-corrected chi connectivity index (χ1v) is 4.96. The lowest BCUT2D eigenvalue weighted by Crippen LogP contribution is -2.22. The Morgan fingerprint density at radius 2 is 1.93 bits per heavy atom. The van der Waals surface area contributed by atoms with Crippen LogP contribution in [0, 0.1) is 6.92 Å². The minimum Gasteiger partial charge on any atom is -0.496 e. The Morgan fingerprint density at radius 3 is 2.43 bits per heavy atom. The van der Waals surface area contributed by atoms with Crippen LogP contribution in [0.1, 0.15) is 30.9 Å². The molecule has 0 fully saturated rings. The molecule has 0 heterocycles. The molecule has 0 aromatic heterocycles. The molecule has 2 unspecified atom stereocenters. The van der Waals surface area contributed by atoms with E-state index in [1.807, 2.05) is 13.0 Å². The second kappa shape index (κ2) is 4.47. The molecule has 78 valence electrons. The average Bonchev–Trinajstić information content (AvgIpc) is 2.16. The third kappa shape index (κ3) is 2.26. The lowest BCUT2D eigenvalue weighted by molar-refractivity contribution is 0.403. The molecule has 0 aliphatic rings. The van der Waals surface area contributed by atoms with E-state index in [9.17, 15) is 0 Å². The fourth-order valence-electron chi connectivity index (χ4n) is 1.48. The van der Waals surface area contributed by atoms with E-state index in [0.717, 1.165) is 5.75 Å². The minimum absolute atomic E-state index is 0.145. The monoisotopic (exact) mass is 193 g/mol. The number of ether oxygens (including phenoxy) is 1. The summed E-state index contributed by atoms with van der Waals surface area (Å²) >= 11 is 0. The molecule has 2 heteroatoms. The van der Waals surface area contributed by atoms with Crippen LogP contribution < -0.4 is 10.5 Å². The van der Waals surface area contributed by atoms with Crippen molar-refractivity contribution in [3.05, 3.63) is 29.3 Å². The molecule has 0 amide bonds.